The number of hydrogen-bond acceptors (Lipinski definition) is 3. The summed E-state index contributed by atoms with van der Waals surface area (Å²) in [6, 6.07) is 0. The monoisotopic (exact) mass is 219 g/mol. The van der Waals surface area contributed by atoms with Gasteiger partial charge in [0.25, 0.3) is 0 Å². The minimum atomic E-state index is -1.07. The molecule has 6 heteroatoms. The van der Waals surface area contributed by atoms with E-state index in [0.717, 1.165) is 0 Å². The lowest BCUT2D eigenvalue weighted by molar-refractivity contribution is 0.0688. The molecule has 0 saturated carbocycles. The third-order valence-corrected chi connectivity index (χ3v) is 1.63. The third kappa shape index (κ3) is 1.56. The first kappa shape index (κ1) is 8.19. The van der Waals surface area contributed by atoms with Crippen LogP contribution in [0.5, 0.6) is 0 Å². The maximum absolute atomic E-state index is 10.4. The summed E-state index contributed by atoms with van der Waals surface area (Å²) in [5.41, 5.74) is -0.0492. The highest BCUT2D eigenvalue weighted by molar-refractivity contribution is 9.10. The van der Waals surface area contributed by atoms with Gasteiger partial charge in [-0.05, 0) is 22.9 Å². The Hall–Kier alpha value is -0.910. The molecule has 0 atom stereocenters. The van der Waals surface area contributed by atoms with Gasteiger partial charge in [-0.1, -0.05) is 0 Å². The smallest absolute Gasteiger partial charge is 0.359 e. The summed E-state index contributed by atoms with van der Waals surface area (Å²) >= 11 is 2.98. The van der Waals surface area contributed by atoms with Crippen LogP contribution in [-0.2, 0) is 6.54 Å². The molecule has 0 saturated heterocycles. The van der Waals surface area contributed by atoms with Crippen molar-refractivity contribution in [2.75, 3.05) is 0 Å². The van der Waals surface area contributed by atoms with Crippen LogP contribution in [0.1, 0.15) is 17.4 Å². The summed E-state index contributed by atoms with van der Waals surface area (Å²) in [5.74, 6) is -1.07. The largest absolute Gasteiger partial charge is 0.476 e. The highest BCUT2D eigenvalue weighted by Crippen LogP contribution is 2.09. The maximum Gasteiger partial charge on any atom is 0.359 e. The van der Waals surface area contributed by atoms with E-state index in [2.05, 4.69) is 26.1 Å². The van der Waals surface area contributed by atoms with Gasteiger partial charge >= 0.3 is 5.97 Å². The van der Waals surface area contributed by atoms with Crippen molar-refractivity contribution in [2.45, 2.75) is 13.5 Å². The zero-order chi connectivity index (χ0) is 8.43. The molecule has 0 unspecified atom stereocenters. The molecule has 0 aliphatic rings. The molecule has 1 aromatic rings. The number of hydrogen-bond donors (Lipinski definition) is 1. The fraction of sp³-hybridized carbons (Fsp3) is 0.400. The molecule has 60 valence electrons. The molecule has 0 amide bonds. The van der Waals surface area contributed by atoms with Crippen LogP contribution >= 0.6 is 15.9 Å². The average Bonchev–Trinajstić information content (AvgIpc) is 2.30. The van der Waals surface area contributed by atoms with Gasteiger partial charge in [-0.15, -0.1) is 10.2 Å². The Bertz CT molecular complexity index is 283. The van der Waals surface area contributed by atoms with Crippen molar-refractivity contribution in [2.24, 2.45) is 0 Å². The van der Waals surface area contributed by atoms with Gasteiger partial charge in [0, 0.05) is 0 Å². The van der Waals surface area contributed by atoms with Crippen molar-refractivity contribution >= 4 is 21.9 Å². The molecule has 1 N–H and O–H groups in total. The predicted molar refractivity (Wildman–Crippen MR) is 40.4 cm³/mol. The van der Waals surface area contributed by atoms with E-state index >= 15 is 0 Å². The fourth-order valence-electron chi connectivity index (χ4n) is 0.600. The summed E-state index contributed by atoms with van der Waals surface area (Å²) < 4.78 is 0.270. The second kappa shape index (κ2) is 3.00. The summed E-state index contributed by atoms with van der Waals surface area (Å²) in [4.78, 5) is 11.7. The van der Waals surface area contributed by atoms with Crippen LogP contribution in [0.2, 0.25) is 0 Å². The van der Waals surface area contributed by atoms with Crippen LogP contribution in [0.4, 0.5) is 0 Å². The molecule has 0 aromatic carbocycles. The molecule has 0 spiro atoms. The Morgan fingerprint density at radius 3 is 2.64 bits per heavy atom. The summed E-state index contributed by atoms with van der Waals surface area (Å²) in [6.45, 7) is 2.39. The molecule has 1 heterocycles. The normalized spacial score (nSPS) is 10.0. The number of rotatable bonds is 2. The first-order chi connectivity index (χ1) is 5.15. The lowest BCUT2D eigenvalue weighted by Gasteiger charge is -1.86. The van der Waals surface area contributed by atoms with E-state index in [9.17, 15) is 4.79 Å². The van der Waals surface area contributed by atoms with E-state index in [4.69, 9.17) is 5.11 Å². The van der Waals surface area contributed by atoms with E-state index in [1.165, 1.54) is 4.80 Å². The second-order valence-electron chi connectivity index (χ2n) is 1.83. The molecule has 0 aliphatic heterocycles. The van der Waals surface area contributed by atoms with Crippen molar-refractivity contribution in [3.63, 3.8) is 0 Å². The summed E-state index contributed by atoms with van der Waals surface area (Å²) in [7, 11) is 0. The van der Waals surface area contributed by atoms with Crippen LogP contribution in [0.3, 0.4) is 0 Å². The Morgan fingerprint density at radius 2 is 2.36 bits per heavy atom. The minimum Gasteiger partial charge on any atom is -0.476 e. The second-order valence-corrected chi connectivity index (χ2v) is 2.58. The average molecular weight is 220 g/mol. The van der Waals surface area contributed by atoms with Gasteiger partial charge in [-0.25, -0.2) is 4.79 Å². The van der Waals surface area contributed by atoms with Crippen LogP contribution < -0.4 is 0 Å². The van der Waals surface area contributed by atoms with E-state index in [-0.39, 0.29) is 10.3 Å². The van der Waals surface area contributed by atoms with E-state index in [0.29, 0.717) is 6.54 Å². The van der Waals surface area contributed by atoms with Crippen molar-refractivity contribution in [3.8, 4) is 0 Å². The number of halogens is 1. The number of carboxylic acid groups (broad SMARTS) is 1. The highest BCUT2D eigenvalue weighted by Gasteiger charge is 2.14. The molecule has 1 rings (SSSR count). The van der Waals surface area contributed by atoms with Crippen LogP contribution in [0.25, 0.3) is 0 Å². The highest BCUT2D eigenvalue weighted by atomic mass is 79.9. The lowest BCUT2D eigenvalue weighted by atomic mass is 10.5. The quantitative estimate of drug-likeness (QED) is 0.798. The van der Waals surface area contributed by atoms with Crippen LogP contribution in [-0.4, -0.2) is 26.1 Å². The SMILES string of the molecule is CCn1nc(Br)c(C(=O)O)n1. The molecule has 11 heavy (non-hydrogen) atoms. The van der Waals surface area contributed by atoms with Gasteiger partial charge < -0.3 is 5.11 Å². The molecule has 0 fully saturated rings. The summed E-state index contributed by atoms with van der Waals surface area (Å²) in [6.07, 6.45) is 0. The molecule has 1 aromatic heterocycles. The fourth-order valence-corrected chi connectivity index (χ4v) is 1.03. The lowest BCUT2D eigenvalue weighted by Crippen LogP contribution is -2.02. The first-order valence-electron chi connectivity index (χ1n) is 2.99. The number of carboxylic acids is 1. The van der Waals surface area contributed by atoms with Crippen molar-refractivity contribution in [1.29, 1.82) is 0 Å². The van der Waals surface area contributed by atoms with E-state index in [1.54, 1.807) is 0 Å². The standard InChI is InChI=1S/C5H6BrN3O2/c1-2-9-7-3(5(10)11)4(6)8-9/h2H2,1H3,(H,10,11). The molecule has 0 aliphatic carbocycles. The number of aromatic nitrogens is 3. The number of aromatic carboxylic acids is 1. The Labute approximate surface area is 71.1 Å². The van der Waals surface area contributed by atoms with Gasteiger partial charge in [0.15, 0.2) is 4.60 Å². The zero-order valence-corrected chi connectivity index (χ0v) is 7.37. The number of nitrogens with zero attached hydrogens (tertiary/aromatic N) is 3. The van der Waals surface area contributed by atoms with Gasteiger partial charge in [-0.3, -0.25) is 0 Å². The van der Waals surface area contributed by atoms with Crippen molar-refractivity contribution in [3.05, 3.63) is 10.3 Å². The van der Waals surface area contributed by atoms with Gasteiger partial charge in [0.2, 0.25) is 5.69 Å². The summed E-state index contributed by atoms with van der Waals surface area (Å²) in [5, 5.41) is 16.0. The Morgan fingerprint density at radius 1 is 1.73 bits per heavy atom. The van der Waals surface area contributed by atoms with Crippen molar-refractivity contribution in [1.82, 2.24) is 15.0 Å². The van der Waals surface area contributed by atoms with E-state index in [1.807, 2.05) is 6.92 Å². The third-order valence-electron chi connectivity index (χ3n) is 1.10. The zero-order valence-electron chi connectivity index (χ0n) is 5.78. The molecule has 0 radical (unpaired) electrons. The van der Waals surface area contributed by atoms with Crippen molar-refractivity contribution < 1.29 is 9.90 Å². The minimum absolute atomic E-state index is 0.0492. The molecule has 0 bridgehead atoms. The first-order valence-corrected chi connectivity index (χ1v) is 3.78. The molecule has 5 nitrogen and oxygen atoms in total. The number of aryl methyl sites for hydroxylation is 1. The Balaban J connectivity index is 3.07. The van der Waals surface area contributed by atoms with E-state index < -0.39 is 5.97 Å². The topological polar surface area (TPSA) is 68.0 Å². The molecular formula is C5H6BrN3O2. The predicted octanol–water partition coefficient (Wildman–Crippen LogP) is 0.759. The Kier molecular flexibility index (Phi) is 2.23. The maximum atomic E-state index is 10.4. The number of carbonyl (C=O) groups is 1. The van der Waals surface area contributed by atoms with Gasteiger partial charge in [0.1, 0.15) is 0 Å². The van der Waals surface area contributed by atoms with Crippen LogP contribution in [0.15, 0.2) is 4.60 Å². The van der Waals surface area contributed by atoms with Gasteiger partial charge in [-0.2, -0.15) is 4.80 Å². The van der Waals surface area contributed by atoms with Gasteiger partial charge in [0.05, 0.1) is 6.54 Å². The molecular weight excluding hydrogens is 214 g/mol. The van der Waals surface area contributed by atoms with Crippen LogP contribution in [0, 0.1) is 0 Å².